The summed E-state index contributed by atoms with van der Waals surface area (Å²) in [6.45, 7) is 4.69. The van der Waals surface area contributed by atoms with Gasteiger partial charge in [-0.1, -0.05) is 0 Å². The highest BCUT2D eigenvalue weighted by atomic mass is 16.4. The molecule has 0 aliphatic carbocycles. The van der Waals surface area contributed by atoms with Crippen LogP contribution in [-0.2, 0) is 4.79 Å². The number of fused-ring (bicyclic) bond motifs is 3. The molecule has 4 rings (SSSR count). The molecule has 1 N–H and O–H groups in total. The quantitative estimate of drug-likeness (QED) is 0.917. The average molecular weight is 342 g/mol. The number of carbonyl (C=O) groups excluding carboxylic acids is 2. The second-order valence-corrected chi connectivity index (χ2v) is 7.09. The van der Waals surface area contributed by atoms with Crippen molar-refractivity contribution in [2.75, 3.05) is 31.6 Å². The van der Waals surface area contributed by atoms with E-state index in [9.17, 15) is 9.59 Å². The summed E-state index contributed by atoms with van der Waals surface area (Å²) in [5, 5.41) is 3.86. The molecule has 0 aromatic carbocycles. The lowest BCUT2D eigenvalue weighted by Gasteiger charge is -2.30. The molecule has 2 amide bonds. The first-order valence-electron chi connectivity index (χ1n) is 8.66. The van der Waals surface area contributed by atoms with Crippen LogP contribution >= 0.6 is 0 Å². The third-order valence-electron chi connectivity index (χ3n) is 5.23. The van der Waals surface area contributed by atoms with Gasteiger partial charge in [0.1, 0.15) is 11.3 Å². The fourth-order valence-corrected chi connectivity index (χ4v) is 3.79. The molecule has 2 aliphatic rings. The van der Waals surface area contributed by atoms with Gasteiger partial charge < -0.3 is 14.6 Å². The normalized spacial score (nSPS) is 25.1. The molecule has 132 valence electrons. The van der Waals surface area contributed by atoms with Crippen LogP contribution in [0.3, 0.4) is 0 Å². The first-order valence-corrected chi connectivity index (χ1v) is 8.66. The number of nitrogens with one attached hydrogen (secondary N) is 1. The molecular formula is C18H22N4O3. The van der Waals surface area contributed by atoms with Gasteiger partial charge in [-0.3, -0.25) is 19.5 Å². The molecule has 2 saturated heterocycles. The van der Waals surface area contributed by atoms with Crippen LogP contribution in [0.1, 0.15) is 30.3 Å². The Kier molecular flexibility index (Phi) is 3.95. The van der Waals surface area contributed by atoms with Crippen molar-refractivity contribution in [3.8, 4) is 0 Å². The Morgan fingerprint density at radius 3 is 2.96 bits per heavy atom. The number of amides is 2. The third-order valence-corrected chi connectivity index (χ3v) is 5.23. The van der Waals surface area contributed by atoms with Gasteiger partial charge in [-0.25, -0.2) is 0 Å². The molecule has 2 bridgehead atoms. The van der Waals surface area contributed by atoms with Crippen molar-refractivity contribution in [2.24, 2.45) is 5.92 Å². The van der Waals surface area contributed by atoms with Crippen LogP contribution < -0.4 is 10.2 Å². The zero-order chi connectivity index (χ0) is 17.6. The molecule has 2 aliphatic heterocycles. The maximum Gasteiger partial charge on any atom is 0.270 e. The lowest BCUT2D eigenvalue weighted by Crippen LogP contribution is -2.47. The molecule has 0 saturated carbocycles. The van der Waals surface area contributed by atoms with Crippen molar-refractivity contribution in [3.05, 3.63) is 24.0 Å². The lowest BCUT2D eigenvalue weighted by atomic mass is 9.97. The van der Waals surface area contributed by atoms with E-state index in [4.69, 9.17) is 4.42 Å². The molecule has 7 heteroatoms. The van der Waals surface area contributed by atoms with Crippen molar-refractivity contribution in [3.63, 3.8) is 0 Å². The highest BCUT2D eigenvalue weighted by Crippen LogP contribution is 2.28. The maximum atomic E-state index is 12.5. The number of hydrogen-bond acceptors (Lipinski definition) is 5. The Bertz CT molecular complexity index is 819. The van der Waals surface area contributed by atoms with E-state index in [-0.39, 0.29) is 17.9 Å². The van der Waals surface area contributed by atoms with E-state index in [1.165, 1.54) is 18.2 Å². The molecule has 7 nitrogen and oxygen atoms in total. The van der Waals surface area contributed by atoms with E-state index in [0.717, 1.165) is 31.4 Å². The van der Waals surface area contributed by atoms with Gasteiger partial charge >= 0.3 is 0 Å². The smallest absolute Gasteiger partial charge is 0.270 e. The zero-order valence-corrected chi connectivity index (χ0v) is 14.5. The average Bonchev–Trinajstić information content (AvgIpc) is 3.16. The van der Waals surface area contributed by atoms with E-state index in [1.54, 1.807) is 25.4 Å². The van der Waals surface area contributed by atoms with Gasteiger partial charge in [0.2, 0.25) is 11.8 Å². The molecule has 0 radical (unpaired) electrons. The Morgan fingerprint density at radius 2 is 2.20 bits per heavy atom. The van der Waals surface area contributed by atoms with Gasteiger partial charge in [0.15, 0.2) is 0 Å². The summed E-state index contributed by atoms with van der Waals surface area (Å²) in [4.78, 5) is 32.1. The molecule has 25 heavy (non-hydrogen) atoms. The van der Waals surface area contributed by atoms with Crippen molar-refractivity contribution in [1.82, 2.24) is 15.2 Å². The summed E-state index contributed by atoms with van der Waals surface area (Å²) in [5.41, 5.74) is 0.891. The second-order valence-electron chi connectivity index (χ2n) is 7.09. The molecule has 1 unspecified atom stereocenters. The Balaban J connectivity index is 1.50. The van der Waals surface area contributed by atoms with Gasteiger partial charge in [-0.05, 0) is 25.3 Å². The van der Waals surface area contributed by atoms with Crippen LogP contribution in [-0.4, -0.2) is 54.4 Å². The van der Waals surface area contributed by atoms with Crippen LogP contribution in [0.25, 0.3) is 11.0 Å². The fourth-order valence-electron chi connectivity index (χ4n) is 3.79. The Labute approximate surface area is 146 Å². The molecular weight excluding hydrogens is 320 g/mol. The summed E-state index contributed by atoms with van der Waals surface area (Å²) >= 11 is 0. The number of furan rings is 1. The summed E-state index contributed by atoms with van der Waals surface area (Å²) in [6, 6.07) is 3.57. The SMILES string of the molecule is CC(=O)N(C)c1cc2cnc(C(=O)N[C@@H]3C[C@H]4CCN(C4)C3)cc2o1. The van der Waals surface area contributed by atoms with E-state index < -0.39 is 0 Å². The molecule has 2 aromatic rings. The number of aromatic nitrogens is 1. The predicted octanol–water partition coefficient (Wildman–Crippen LogP) is 1.63. The summed E-state index contributed by atoms with van der Waals surface area (Å²) < 4.78 is 5.69. The summed E-state index contributed by atoms with van der Waals surface area (Å²) in [5.74, 6) is 0.849. The molecule has 2 fully saturated rings. The van der Waals surface area contributed by atoms with Gasteiger partial charge in [0.25, 0.3) is 5.91 Å². The van der Waals surface area contributed by atoms with E-state index >= 15 is 0 Å². The first-order chi connectivity index (χ1) is 12.0. The summed E-state index contributed by atoms with van der Waals surface area (Å²) in [6.07, 6.45) is 3.88. The minimum Gasteiger partial charge on any atom is -0.440 e. The third kappa shape index (κ3) is 3.11. The lowest BCUT2D eigenvalue weighted by molar-refractivity contribution is -0.116. The number of hydrogen-bond donors (Lipinski definition) is 1. The maximum absolute atomic E-state index is 12.5. The molecule has 4 heterocycles. The first kappa shape index (κ1) is 16.1. The standard InChI is InChI=1S/C18H22N4O3/c1-11(23)21(2)17-6-13-8-19-15(7-16(13)25-17)18(24)20-14-5-12-3-4-22(9-12)10-14/h6-8,12,14H,3-5,9-10H2,1-2H3,(H,20,24)/t12-,14-/m1/s1. The molecule has 3 atom stereocenters. The number of carbonyl (C=O) groups is 2. The van der Waals surface area contributed by atoms with Crippen molar-refractivity contribution < 1.29 is 14.0 Å². The fraction of sp³-hybridized carbons (Fsp3) is 0.500. The largest absolute Gasteiger partial charge is 0.440 e. The van der Waals surface area contributed by atoms with Crippen LogP contribution in [0.15, 0.2) is 22.7 Å². The van der Waals surface area contributed by atoms with E-state index in [0.29, 0.717) is 23.1 Å². The number of rotatable bonds is 3. The van der Waals surface area contributed by atoms with Crippen molar-refractivity contribution in [1.29, 1.82) is 0 Å². The highest BCUT2D eigenvalue weighted by molar-refractivity contribution is 5.97. The second kappa shape index (κ2) is 6.15. The summed E-state index contributed by atoms with van der Waals surface area (Å²) in [7, 11) is 1.65. The highest BCUT2D eigenvalue weighted by Gasteiger charge is 2.33. The van der Waals surface area contributed by atoms with Gasteiger partial charge in [0.05, 0.1) is 0 Å². The molecule has 0 spiro atoms. The van der Waals surface area contributed by atoms with Gasteiger partial charge in [0, 0.05) is 56.8 Å². The minimum atomic E-state index is -0.174. The topological polar surface area (TPSA) is 78.7 Å². The van der Waals surface area contributed by atoms with Crippen molar-refractivity contribution in [2.45, 2.75) is 25.8 Å². The predicted molar refractivity (Wildman–Crippen MR) is 93.5 cm³/mol. The van der Waals surface area contributed by atoms with Crippen LogP contribution in [0, 0.1) is 5.92 Å². The van der Waals surface area contributed by atoms with Crippen LogP contribution in [0.5, 0.6) is 0 Å². The van der Waals surface area contributed by atoms with Crippen molar-refractivity contribution >= 4 is 28.7 Å². The van der Waals surface area contributed by atoms with Gasteiger partial charge in [-0.15, -0.1) is 0 Å². The molecule has 2 aromatic heterocycles. The van der Waals surface area contributed by atoms with E-state index in [2.05, 4.69) is 15.2 Å². The van der Waals surface area contributed by atoms with Gasteiger partial charge in [-0.2, -0.15) is 0 Å². The van der Waals surface area contributed by atoms with Crippen LogP contribution in [0.2, 0.25) is 0 Å². The van der Waals surface area contributed by atoms with Crippen LogP contribution in [0.4, 0.5) is 5.88 Å². The Morgan fingerprint density at radius 1 is 1.36 bits per heavy atom. The number of anilines is 1. The number of nitrogens with zero attached hydrogens (tertiary/aromatic N) is 3. The Hall–Kier alpha value is -2.41. The minimum absolute atomic E-state index is 0.119. The number of piperidine rings is 1. The van der Waals surface area contributed by atoms with E-state index in [1.807, 2.05) is 0 Å². The number of pyridine rings is 1. The zero-order valence-electron chi connectivity index (χ0n) is 14.5. The monoisotopic (exact) mass is 342 g/mol.